The van der Waals surface area contributed by atoms with Crippen molar-refractivity contribution in [3.63, 3.8) is 0 Å². The number of hydrogen-bond acceptors (Lipinski definition) is 3. The maximum Gasteiger partial charge on any atom is 0.117 e. The maximum absolute atomic E-state index is 9.02. The first kappa shape index (κ1) is 16.9. The number of unbranched alkanes of at least 4 members (excludes halogenated alkanes) is 9. The number of rotatable bonds is 12. The Morgan fingerprint density at radius 1 is 0.765 bits per heavy atom. The molecule has 0 heterocycles. The van der Waals surface area contributed by atoms with Gasteiger partial charge in [0.25, 0.3) is 0 Å². The van der Waals surface area contributed by atoms with E-state index in [0.717, 1.165) is 12.8 Å². The van der Waals surface area contributed by atoms with Crippen molar-refractivity contribution < 1.29 is 5.11 Å². The van der Waals surface area contributed by atoms with E-state index in [4.69, 9.17) is 16.6 Å². The molecule has 0 aliphatic rings. The SMILES string of the molecule is CCCCCCCCCCCCC(N)C(N)O. The lowest BCUT2D eigenvalue weighted by Gasteiger charge is -2.13. The Morgan fingerprint density at radius 3 is 1.59 bits per heavy atom. The van der Waals surface area contributed by atoms with Crippen molar-refractivity contribution in [1.29, 1.82) is 0 Å². The van der Waals surface area contributed by atoms with Crippen molar-refractivity contribution in [2.24, 2.45) is 11.5 Å². The van der Waals surface area contributed by atoms with E-state index >= 15 is 0 Å². The number of aliphatic hydroxyl groups is 1. The fraction of sp³-hybridized carbons (Fsp3) is 1.00. The zero-order chi connectivity index (χ0) is 12.9. The van der Waals surface area contributed by atoms with Crippen LogP contribution in [0.15, 0.2) is 0 Å². The lowest BCUT2D eigenvalue weighted by Crippen LogP contribution is -2.40. The van der Waals surface area contributed by atoms with Crippen LogP contribution >= 0.6 is 0 Å². The lowest BCUT2D eigenvalue weighted by atomic mass is 10.0. The van der Waals surface area contributed by atoms with Gasteiger partial charge in [0, 0.05) is 6.04 Å². The van der Waals surface area contributed by atoms with Crippen molar-refractivity contribution in [3.05, 3.63) is 0 Å². The molecule has 0 aliphatic carbocycles. The van der Waals surface area contributed by atoms with Gasteiger partial charge in [-0.25, -0.2) is 0 Å². The summed E-state index contributed by atoms with van der Waals surface area (Å²) in [4.78, 5) is 0. The molecule has 5 N–H and O–H groups in total. The Morgan fingerprint density at radius 2 is 1.18 bits per heavy atom. The molecule has 0 bridgehead atoms. The largest absolute Gasteiger partial charge is 0.377 e. The molecule has 0 amide bonds. The van der Waals surface area contributed by atoms with E-state index in [1.54, 1.807) is 0 Å². The Kier molecular flexibility index (Phi) is 12.3. The second-order valence-corrected chi connectivity index (χ2v) is 5.13. The molecule has 0 saturated heterocycles. The van der Waals surface area contributed by atoms with E-state index < -0.39 is 6.23 Å². The zero-order valence-corrected chi connectivity index (χ0v) is 11.5. The van der Waals surface area contributed by atoms with Gasteiger partial charge in [-0.15, -0.1) is 0 Å². The van der Waals surface area contributed by atoms with E-state index in [1.807, 2.05) is 0 Å². The van der Waals surface area contributed by atoms with E-state index in [9.17, 15) is 0 Å². The fourth-order valence-electron chi connectivity index (χ4n) is 2.04. The van der Waals surface area contributed by atoms with Gasteiger partial charge in [-0.1, -0.05) is 71.1 Å². The van der Waals surface area contributed by atoms with Gasteiger partial charge in [0.05, 0.1) is 0 Å². The fourth-order valence-corrected chi connectivity index (χ4v) is 2.04. The normalized spacial score (nSPS) is 14.8. The van der Waals surface area contributed by atoms with Gasteiger partial charge in [0.15, 0.2) is 0 Å². The van der Waals surface area contributed by atoms with Gasteiger partial charge in [-0.3, -0.25) is 0 Å². The summed E-state index contributed by atoms with van der Waals surface area (Å²) in [5.41, 5.74) is 10.9. The van der Waals surface area contributed by atoms with E-state index in [1.165, 1.54) is 57.8 Å². The molecule has 0 aromatic rings. The van der Waals surface area contributed by atoms with Gasteiger partial charge < -0.3 is 16.6 Å². The third kappa shape index (κ3) is 12.1. The van der Waals surface area contributed by atoms with Crippen molar-refractivity contribution in [2.45, 2.75) is 89.8 Å². The summed E-state index contributed by atoms with van der Waals surface area (Å²) in [6.07, 6.45) is 13.2. The summed E-state index contributed by atoms with van der Waals surface area (Å²) in [6, 6.07) is -0.246. The van der Waals surface area contributed by atoms with Crippen LogP contribution in [0.4, 0.5) is 0 Å². The van der Waals surface area contributed by atoms with Gasteiger partial charge in [0.2, 0.25) is 0 Å². The summed E-state index contributed by atoms with van der Waals surface area (Å²) in [5, 5.41) is 9.02. The van der Waals surface area contributed by atoms with Gasteiger partial charge in [-0.2, -0.15) is 0 Å². The van der Waals surface area contributed by atoms with Crippen LogP contribution in [0.2, 0.25) is 0 Å². The molecule has 0 saturated carbocycles. The maximum atomic E-state index is 9.02. The molecule has 17 heavy (non-hydrogen) atoms. The zero-order valence-electron chi connectivity index (χ0n) is 11.5. The highest BCUT2D eigenvalue weighted by molar-refractivity contribution is 4.65. The molecule has 0 aromatic carbocycles. The van der Waals surface area contributed by atoms with Crippen LogP contribution < -0.4 is 11.5 Å². The summed E-state index contributed by atoms with van der Waals surface area (Å²) < 4.78 is 0. The lowest BCUT2D eigenvalue weighted by molar-refractivity contribution is 0.146. The first-order chi connectivity index (χ1) is 8.18. The minimum absolute atomic E-state index is 0.246. The third-order valence-electron chi connectivity index (χ3n) is 3.33. The quantitative estimate of drug-likeness (QED) is 0.365. The summed E-state index contributed by atoms with van der Waals surface area (Å²) in [6.45, 7) is 2.25. The predicted octanol–water partition coefficient (Wildman–Crippen LogP) is 2.90. The molecule has 0 radical (unpaired) electrons. The first-order valence-electron chi connectivity index (χ1n) is 7.37. The smallest absolute Gasteiger partial charge is 0.117 e. The number of nitrogens with two attached hydrogens (primary N) is 2. The summed E-state index contributed by atoms with van der Waals surface area (Å²) in [5.74, 6) is 0. The van der Waals surface area contributed by atoms with Crippen molar-refractivity contribution in [2.75, 3.05) is 0 Å². The van der Waals surface area contributed by atoms with Crippen LogP contribution in [0, 0.1) is 0 Å². The first-order valence-corrected chi connectivity index (χ1v) is 7.37. The predicted molar refractivity (Wildman–Crippen MR) is 74.6 cm³/mol. The summed E-state index contributed by atoms with van der Waals surface area (Å²) >= 11 is 0. The van der Waals surface area contributed by atoms with Gasteiger partial charge in [0.1, 0.15) is 6.23 Å². The Balaban J connectivity index is 3.03. The number of aliphatic hydroxyl groups excluding tert-OH is 1. The van der Waals surface area contributed by atoms with Crippen LogP contribution in [0.3, 0.4) is 0 Å². The standard InChI is InChI=1S/C14H32N2O/c1-2-3-4-5-6-7-8-9-10-11-12-13(15)14(16)17/h13-14,17H,2-12,15-16H2,1H3. The number of hydrogen-bond donors (Lipinski definition) is 3. The molecule has 0 rings (SSSR count). The van der Waals surface area contributed by atoms with Crippen LogP contribution in [0.5, 0.6) is 0 Å². The second-order valence-electron chi connectivity index (χ2n) is 5.13. The molecule has 2 unspecified atom stereocenters. The molecule has 0 aromatic heterocycles. The summed E-state index contributed by atoms with van der Waals surface area (Å²) in [7, 11) is 0. The van der Waals surface area contributed by atoms with E-state index in [0.29, 0.717) is 0 Å². The van der Waals surface area contributed by atoms with Crippen LogP contribution in [-0.4, -0.2) is 17.4 Å². The minimum Gasteiger partial charge on any atom is -0.377 e. The molecule has 3 nitrogen and oxygen atoms in total. The molecule has 2 atom stereocenters. The van der Waals surface area contributed by atoms with Gasteiger partial charge in [-0.05, 0) is 6.42 Å². The van der Waals surface area contributed by atoms with Crippen LogP contribution in [0.25, 0.3) is 0 Å². The monoisotopic (exact) mass is 244 g/mol. The molecule has 0 spiro atoms. The van der Waals surface area contributed by atoms with Crippen LogP contribution in [-0.2, 0) is 0 Å². The third-order valence-corrected chi connectivity index (χ3v) is 3.33. The average molecular weight is 244 g/mol. The molecule has 3 heteroatoms. The van der Waals surface area contributed by atoms with Gasteiger partial charge >= 0.3 is 0 Å². The highest BCUT2D eigenvalue weighted by Gasteiger charge is 2.08. The minimum atomic E-state index is -0.853. The van der Waals surface area contributed by atoms with Crippen LogP contribution in [0.1, 0.15) is 77.6 Å². The van der Waals surface area contributed by atoms with E-state index in [-0.39, 0.29) is 6.04 Å². The van der Waals surface area contributed by atoms with Crippen molar-refractivity contribution in [1.82, 2.24) is 0 Å². The Labute approximate surface area is 107 Å². The Hall–Kier alpha value is -0.120. The molecule has 0 fully saturated rings. The van der Waals surface area contributed by atoms with Crippen molar-refractivity contribution in [3.8, 4) is 0 Å². The van der Waals surface area contributed by atoms with Crippen molar-refractivity contribution >= 4 is 0 Å². The average Bonchev–Trinajstić information content (AvgIpc) is 2.31. The highest BCUT2D eigenvalue weighted by atomic mass is 16.3. The highest BCUT2D eigenvalue weighted by Crippen LogP contribution is 2.11. The van der Waals surface area contributed by atoms with E-state index in [2.05, 4.69) is 6.92 Å². The molecule has 104 valence electrons. The Bertz CT molecular complexity index is 151. The molecular weight excluding hydrogens is 212 g/mol. The molecule has 0 aliphatic heterocycles. The second kappa shape index (κ2) is 12.3. The topological polar surface area (TPSA) is 72.3 Å². The molecular formula is C14H32N2O.